The second-order valence-corrected chi connectivity index (χ2v) is 10.9. The zero-order chi connectivity index (χ0) is 25.8. The Morgan fingerprint density at radius 3 is 2.76 bits per heavy atom. The molecule has 1 aromatic carbocycles. The van der Waals surface area contributed by atoms with Crippen molar-refractivity contribution < 1.29 is 19.0 Å². The number of aromatic nitrogens is 2. The number of carbonyl (C=O) groups is 1. The van der Waals surface area contributed by atoms with Crippen molar-refractivity contribution in [2.24, 2.45) is 0 Å². The summed E-state index contributed by atoms with van der Waals surface area (Å²) >= 11 is 1.35. The second kappa shape index (κ2) is 11.7. The van der Waals surface area contributed by atoms with E-state index in [9.17, 15) is 14.3 Å². The fraction of sp³-hybridized carbons (Fsp3) is 0.519. The lowest BCUT2D eigenvalue weighted by Crippen LogP contribution is -2.37. The average molecular weight is 528 g/mol. The highest BCUT2D eigenvalue weighted by Crippen LogP contribution is 2.37. The first-order valence-corrected chi connectivity index (χ1v) is 14.0. The number of nitrogens with one attached hydrogen (secondary N) is 2. The van der Waals surface area contributed by atoms with E-state index in [-0.39, 0.29) is 23.9 Å². The van der Waals surface area contributed by atoms with Crippen LogP contribution in [0.2, 0.25) is 0 Å². The third kappa shape index (κ3) is 6.19. The Kier molecular flexibility index (Phi) is 8.17. The van der Waals surface area contributed by atoms with Crippen molar-refractivity contribution in [3.63, 3.8) is 0 Å². The maximum absolute atomic E-state index is 14.1. The molecule has 2 aromatic heterocycles. The number of benzene rings is 1. The normalized spacial score (nSPS) is 20.6. The van der Waals surface area contributed by atoms with Crippen LogP contribution >= 0.6 is 11.3 Å². The van der Waals surface area contributed by atoms with Crippen LogP contribution < -0.4 is 15.4 Å². The minimum absolute atomic E-state index is 0.0840. The molecular formula is C27H34FN5O3S. The van der Waals surface area contributed by atoms with Gasteiger partial charge in [-0.05, 0) is 76.2 Å². The molecule has 5 rings (SSSR count). The molecule has 1 saturated heterocycles. The zero-order valence-corrected chi connectivity index (χ0v) is 22.0. The molecule has 1 saturated carbocycles. The lowest BCUT2D eigenvalue weighted by Gasteiger charge is -2.27. The Labute approximate surface area is 220 Å². The van der Waals surface area contributed by atoms with Crippen LogP contribution in [0.5, 0.6) is 5.75 Å². The first-order valence-electron chi connectivity index (χ1n) is 13.1. The van der Waals surface area contributed by atoms with Crippen molar-refractivity contribution in [2.45, 2.75) is 64.1 Å². The number of nitrogens with zero attached hydrogens (tertiary/aromatic N) is 3. The maximum atomic E-state index is 14.1. The third-order valence-corrected chi connectivity index (χ3v) is 8.43. The van der Waals surface area contributed by atoms with Gasteiger partial charge < -0.3 is 25.4 Å². The van der Waals surface area contributed by atoms with Crippen LogP contribution in [0.25, 0.3) is 10.2 Å². The summed E-state index contributed by atoms with van der Waals surface area (Å²) in [5.41, 5.74) is 1.40. The molecule has 1 amide bonds. The smallest absolute Gasteiger partial charge is 0.261 e. The van der Waals surface area contributed by atoms with Gasteiger partial charge in [-0.1, -0.05) is 6.42 Å². The Morgan fingerprint density at radius 1 is 1.19 bits per heavy atom. The lowest BCUT2D eigenvalue weighted by atomic mass is 9.95. The molecule has 0 bridgehead atoms. The summed E-state index contributed by atoms with van der Waals surface area (Å²) < 4.78 is 20.3. The Hall–Kier alpha value is -2.82. The molecule has 0 radical (unpaired) electrons. The maximum Gasteiger partial charge on any atom is 0.261 e. The van der Waals surface area contributed by atoms with Crippen LogP contribution in [-0.4, -0.2) is 64.3 Å². The predicted molar refractivity (Wildman–Crippen MR) is 143 cm³/mol. The highest BCUT2D eigenvalue weighted by molar-refractivity contribution is 7.20. The first-order chi connectivity index (χ1) is 18.0. The summed E-state index contributed by atoms with van der Waals surface area (Å²) in [6.07, 6.45) is 7.60. The third-order valence-electron chi connectivity index (χ3n) is 7.23. The van der Waals surface area contributed by atoms with Crippen LogP contribution in [0.15, 0.2) is 24.5 Å². The number of aliphatic hydroxyl groups excluding tert-OH is 1. The first kappa shape index (κ1) is 25.8. The van der Waals surface area contributed by atoms with E-state index >= 15 is 0 Å². The van der Waals surface area contributed by atoms with E-state index in [4.69, 9.17) is 4.74 Å². The zero-order valence-electron chi connectivity index (χ0n) is 21.1. The van der Waals surface area contributed by atoms with Crippen molar-refractivity contribution in [2.75, 3.05) is 31.5 Å². The van der Waals surface area contributed by atoms with Gasteiger partial charge in [0.2, 0.25) is 0 Å². The number of halogens is 1. The van der Waals surface area contributed by atoms with Crippen molar-refractivity contribution in [3.8, 4) is 5.75 Å². The van der Waals surface area contributed by atoms with Crippen molar-refractivity contribution in [3.05, 3.63) is 40.8 Å². The number of aryl methyl sites for hydroxylation is 1. The van der Waals surface area contributed by atoms with Crippen molar-refractivity contribution in [1.82, 2.24) is 20.2 Å². The topological polar surface area (TPSA) is 99.6 Å². The van der Waals surface area contributed by atoms with Gasteiger partial charge in [-0.3, -0.25) is 4.79 Å². The molecule has 1 aliphatic heterocycles. The number of hydrogen-bond acceptors (Lipinski definition) is 8. The SMILES string of the molecule is Cc1c(C(=O)NCCN2CCCCC2)sc2ncnc(Nc3ccc(F)cc3O[C@H]3CC[C@H](O)CC3)c12. The molecule has 3 aromatic rings. The van der Waals surface area contributed by atoms with E-state index in [2.05, 4.69) is 25.5 Å². The van der Waals surface area contributed by atoms with Gasteiger partial charge in [0.25, 0.3) is 5.91 Å². The molecule has 0 atom stereocenters. The number of aliphatic hydroxyl groups is 1. The highest BCUT2D eigenvalue weighted by atomic mass is 32.1. The Bertz CT molecular complexity index is 1240. The van der Waals surface area contributed by atoms with Gasteiger partial charge in [-0.2, -0.15) is 0 Å². The standard InChI is InChI=1S/C27H34FN5O3S/c1-17-23-25(32-21-10-5-18(28)15-22(21)36-20-8-6-19(34)7-9-20)30-16-31-27(23)37-24(17)26(35)29-11-14-33-12-3-2-4-13-33/h5,10,15-16,19-20,34H,2-4,6-9,11-14H2,1H3,(H,29,35)(H,30,31,32)/t19-,20-. The number of carbonyl (C=O) groups excluding carboxylic acids is 1. The summed E-state index contributed by atoms with van der Waals surface area (Å²) in [6, 6.07) is 4.37. The van der Waals surface area contributed by atoms with Gasteiger partial charge >= 0.3 is 0 Å². The number of fused-ring (bicyclic) bond motifs is 1. The van der Waals surface area contributed by atoms with Crippen LogP contribution in [0.4, 0.5) is 15.9 Å². The number of anilines is 2. The molecule has 37 heavy (non-hydrogen) atoms. The van der Waals surface area contributed by atoms with E-state index in [1.165, 1.54) is 49.1 Å². The van der Waals surface area contributed by atoms with Gasteiger partial charge in [0.1, 0.15) is 28.5 Å². The number of rotatable bonds is 8. The van der Waals surface area contributed by atoms with Crippen molar-refractivity contribution in [1.29, 1.82) is 0 Å². The minimum Gasteiger partial charge on any atom is -0.488 e. The number of amides is 1. The minimum atomic E-state index is -0.389. The average Bonchev–Trinajstić information content (AvgIpc) is 3.25. The fourth-order valence-electron chi connectivity index (χ4n) is 5.14. The molecule has 0 unspecified atom stereocenters. The lowest BCUT2D eigenvalue weighted by molar-refractivity contribution is 0.0668. The monoisotopic (exact) mass is 527 g/mol. The van der Waals surface area contributed by atoms with Gasteiger partial charge in [0.05, 0.1) is 28.2 Å². The Balaban J connectivity index is 1.32. The van der Waals surface area contributed by atoms with E-state index < -0.39 is 0 Å². The molecule has 3 N–H and O–H groups in total. The highest BCUT2D eigenvalue weighted by Gasteiger charge is 2.23. The van der Waals surface area contributed by atoms with Gasteiger partial charge in [-0.15, -0.1) is 11.3 Å². The summed E-state index contributed by atoms with van der Waals surface area (Å²) in [5.74, 6) is 0.451. The molecular weight excluding hydrogens is 493 g/mol. The van der Waals surface area contributed by atoms with E-state index in [0.717, 1.165) is 43.4 Å². The van der Waals surface area contributed by atoms with Crippen LogP contribution in [-0.2, 0) is 0 Å². The molecule has 198 valence electrons. The fourth-order valence-corrected chi connectivity index (χ4v) is 6.21. The second-order valence-electron chi connectivity index (χ2n) is 9.93. The van der Waals surface area contributed by atoms with Gasteiger partial charge in [-0.25, -0.2) is 14.4 Å². The molecule has 1 aliphatic carbocycles. The van der Waals surface area contributed by atoms with Crippen LogP contribution in [0.1, 0.15) is 60.2 Å². The molecule has 0 spiro atoms. The van der Waals surface area contributed by atoms with Crippen LogP contribution in [0, 0.1) is 12.7 Å². The summed E-state index contributed by atoms with van der Waals surface area (Å²) in [5, 5.41) is 16.9. The van der Waals surface area contributed by atoms with Crippen molar-refractivity contribution >= 4 is 39.0 Å². The molecule has 2 aliphatic rings. The number of piperidine rings is 1. The largest absolute Gasteiger partial charge is 0.488 e. The van der Waals surface area contributed by atoms with Crippen LogP contribution in [0.3, 0.4) is 0 Å². The predicted octanol–water partition coefficient (Wildman–Crippen LogP) is 4.78. The van der Waals surface area contributed by atoms with E-state index in [1.54, 1.807) is 6.07 Å². The Morgan fingerprint density at radius 2 is 1.97 bits per heavy atom. The molecule has 3 heterocycles. The summed E-state index contributed by atoms with van der Waals surface area (Å²) in [7, 11) is 0. The molecule has 10 heteroatoms. The molecule has 2 fully saturated rings. The summed E-state index contributed by atoms with van der Waals surface area (Å²) in [6.45, 7) is 5.57. The van der Waals surface area contributed by atoms with E-state index in [1.807, 2.05) is 6.92 Å². The quantitative estimate of drug-likeness (QED) is 0.388. The van der Waals surface area contributed by atoms with Gasteiger partial charge in [0, 0.05) is 19.2 Å². The number of likely N-dealkylation sites (tertiary alicyclic amines) is 1. The van der Waals surface area contributed by atoms with Gasteiger partial charge in [0.15, 0.2) is 0 Å². The van der Waals surface area contributed by atoms with E-state index in [0.29, 0.717) is 46.3 Å². The number of thiophene rings is 1. The number of ether oxygens (including phenoxy) is 1. The molecule has 8 nitrogen and oxygen atoms in total. The summed E-state index contributed by atoms with van der Waals surface area (Å²) in [4.78, 5) is 25.6. The number of hydrogen-bond donors (Lipinski definition) is 3.